The van der Waals surface area contributed by atoms with Crippen molar-refractivity contribution in [1.29, 1.82) is 0 Å². The maximum Gasteiger partial charge on any atom is 0.251 e. The summed E-state index contributed by atoms with van der Waals surface area (Å²) in [6.45, 7) is 2.69. The van der Waals surface area contributed by atoms with Gasteiger partial charge in [0.2, 0.25) is 0 Å². The summed E-state index contributed by atoms with van der Waals surface area (Å²) in [6, 6.07) is 19.0. The van der Waals surface area contributed by atoms with Gasteiger partial charge in [-0.1, -0.05) is 34.1 Å². The third-order valence-corrected chi connectivity index (χ3v) is 6.69. The molecule has 1 aliphatic rings. The molecule has 0 unspecified atom stereocenters. The van der Waals surface area contributed by atoms with Crippen LogP contribution in [0.3, 0.4) is 0 Å². The maximum atomic E-state index is 13.1. The summed E-state index contributed by atoms with van der Waals surface area (Å²) in [6.07, 6.45) is 0.582. The summed E-state index contributed by atoms with van der Waals surface area (Å²) in [7, 11) is 1.97. The van der Waals surface area contributed by atoms with Crippen molar-refractivity contribution in [3.8, 4) is 0 Å². The summed E-state index contributed by atoms with van der Waals surface area (Å²) >= 11 is 3.37. The molecule has 176 valence electrons. The van der Waals surface area contributed by atoms with E-state index < -0.39 is 12.1 Å². The van der Waals surface area contributed by atoms with Crippen LogP contribution in [0.5, 0.6) is 0 Å². The van der Waals surface area contributed by atoms with Crippen molar-refractivity contribution >= 4 is 33.4 Å². The average Bonchev–Trinajstić information content (AvgIpc) is 3.13. The monoisotopic (exact) mass is 523 g/mol. The molecule has 4 rings (SSSR count). The number of fused-ring (bicyclic) bond motifs is 1. The average molecular weight is 524 g/mol. The Kier molecular flexibility index (Phi) is 7.44. The number of hydrogen-bond donors (Lipinski definition) is 2. The Hall–Kier alpha value is -3.03. The predicted octanol–water partition coefficient (Wildman–Crippen LogP) is 5.20. The number of hydrogen-bond acceptors (Lipinski definition) is 3. The molecule has 0 saturated carbocycles. The van der Waals surface area contributed by atoms with E-state index in [-0.39, 0.29) is 11.7 Å². The number of benzene rings is 3. The van der Waals surface area contributed by atoms with E-state index >= 15 is 0 Å². The molecule has 0 saturated heterocycles. The third kappa shape index (κ3) is 5.72. The van der Waals surface area contributed by atoms with Crippen molar-refractivity contribution in [3.05, 3.63) is 99.3 Å². The van der Waals surface area contributed by atoms with E-state index in [9.17, 15) is 14.3 Å². The van der Waals surface area contributed by atoms with Crippen LogP contribution in [0.1, 0.15) is 40.0 Å². The van der Waals surface area contributed by atoms with Crippen LogP contribution < -0.4 is 5.32 Å². The van der Waals surface area contributed by atoms with Gasteiger partial charge in [-0.15, -0.1) is 0 Å². The summed E-state index contributed by atoms with van der Waals surface area (Å²) in [5.41, 5.74) is 4.27. The van der Waals surface area contributed by atoms with Gasteiger partial charge in [-0.05, 0) is 78.6 Å². The van der Waals surface area contributed by atoms with E-state index in [4.69, 9.17) is 4.99 Å². The fraction of sp³-hybridized carbons (Fsp3) is 0.259. The topological polar surface area (TPSA) is 64.9 Å². The molecule has 3 aromatic carbocycles. The first-order valence-corrected chi connectivity index (χ1v) is 12.0. The molecule has 2 atom stereocenters. The van der Waals surface area contributed by atoms with Gasteiger partial charge in [0.1, 0.15) is 11.7 Å². The first-order chi connectivity index (χ1) is 16.3. The first-order valence-electron chi connectivity index (χ1n) is 11.2. The third-order valence-electron chi connectivity index (χ3n) is 6.16. The summed E-state index contributed by atoms with van der Waals surface area (Å²) in [5.74, 6) is 0.383. The van der Waals surface area contributed by atoms with Crippen LogP contribution >= 0.6 is 15.9 Å². The molecule has 1 aliphatic carbocycles. The van der Waals surface area contributed by atoms with Crippen molar-refractivity contribution in [2.75, 3.05) is 13.6 Å². The zero-order valence-electron chi connectivity index (χ0n) is 19.1. The molecule has 0 aliphatic heterocycles. The lowest BCUT2D eigenvalue weighted by Gasteiger charge is -2.20. The molecule has 1 amide bonds. The summed E-state index contributed by atoms with van der Waals surface area (Å²) in [4.78, 5) is 19.5. The van der Waals surface area contributed by atoms with Crippen LogP contribution in [0.4, 0.5) is 10.1 Å². The number of aliphatic hydroxyl groups is 1. The van der Waals surface area contributed by atoms with Gasteiger partial charge in [0.15, 0.2) is 0 Å². The smallest absolute Gasteiger partial charge is 0.251 e. The summed E-state index contributed by atoms with van der Waals surface area (Å²) in [5, 5.41) is 13.6. The Bertz CT molecular complexity index is 1200. The fourth-order valence-corrected chi connectivity index (χ4v) is 4.32. The molecular formula is C27H27BrFN3O2. The van der Waals surface area contributed by atoms with Crippen LogP contribution in [0, 0.1) is 5.82 Å². The Morgan fingerprint density at radius 1 is 1.15 bits per heavy atom. The quantitative estimate of drug-likeness (QED) is 0.344. The Labute approximate surface area is 207 Å². The second-order valence-corrected chi connectivity index (χ2v) is 9.49. The van der Waals surface area contributed by atoms with Crippen molar-refractivity contribution in [2.45, 2.75) is 31.9 Å². The van der Waals surface area contributed by atoms with Crippen LogP contribution in [0.15, 0.2) is 76.2 Å². The minimum Gasteiger partial charge on any atom is -0.390 e. The van der Waals surface area contributed by atoms with Gasteiger partial charge < -0.3 is 15.3 Å². The van der Waals surface area contributed by atoms with E-state index in [0.29, 0.717) is 12.0 Å². The van der Waals surface area contributed by atoms with Crippen LogP contribution in [0.25, 0.3) is 0 Å². The minimum absolute atomic E-state index is 0.227. The van der Waals surface area contributed by atoms with E-state index in [1.165, 1.54) is 12.1 Å². The molecular weight excluding hydrogens is 497 g/mol. The lowest BCUT2D eigenvalue weighted by atomic mass is 10.1. The molecule has 34 heavy (non-hydrogen) atoms. The number of aliphatic hydroxyl groups excluding tert-OH is 1. The highest BCUT2D eigenvalue weighted by Crippen LogP contribution is 2.34. The summed E-state index contributed by atoms with van der Waals surface area (Å²) < 4.78 is 14.0. The van der Waals surface area contributed by atoms with Gasteiger partial charge in [0.05, 0.1) is 17.8 Å². The molecule has 0 bridgehead atoms. The van der Waals surface area contributed by atoms with Crippen molar-refractivity contribution in [3.63, 3.8) is 0 Å². The minimum atomic E-state index is -0.687. The number of amides is 1. The van der Waals surface area contributed by atoms with E-state index in [2.05, 4.69) is 26.1 Å². The van der Waals surface area contributed by atoms with Crippen LogP contribution in [-0.4, -0.2) is 41.4 Å². The Balaban J connectivity index is 1.45. The van der Waals surface area contributed by atoms with Crippen LogP contribution in [-0.2, 0) is 12.8 Å². The standard InChI is InChI=1S/C27H27BrFN3O2/c1-17(32(2)14-13-18-3-10-22(29)11-4-18)30-23-12-7-20-15-25(33)26(24(20)16-23)31-27(34)19-5-8-21(28)9-6-19/h3-12,16,25-26,33H,13-15H2,1-2H3,(H,31,34)/t25-,26-/m1/s1. The Morgan fingerprint density at radius 2 is 1.85 bits per heavy atom. The van der Waals surface area contributed by atoms with Crippen molar-refractivity contribution in [1.82, 2.24) is 10.2 Å². The largest absolute Gasteiger partial charge is 0.390 e. The van der Waals surface area contributed by atoms with Crippen molar-refractivity contribution < 1.29 is 14.3 Å². The molecule has 0 spiro atoms. The molecule has 0 aromatic heterocycles. The highest BCUT2D eigenvalue weighted by atomic mass is 79.9. The number of likely N-dealkylation sites (N-methyl/N-ethyl adjacent to an activating group) is 1. The number of rotatable bonds is 6. The zero-order chi connectivity index (χ0) is 24.2. The number of nitrogens with one attached hydrogen (secondary N) is 1. The maximum absolute atomic E-state index is 13.1. The Morgan fingerprint density at radius 3 is 2.56 bits per heavy atom. The number of carbonyl (C=O) groups excluding carboxylic acids is 1. The lowest BCUT2D eigenvalue weighted by Crippen LogP contribution is -2.33. The zero-order valence-corrected chi connectivity index (χ0v) is 20.7. The van der Waals surface area contributed by atoms with Gasteiger partial charge in [0.25, 0.3) is 5.91 Å². The highest BCUT2D eigenvalue weighted by molar-refractivity contribution is 9.10. The van der Waals surface area contributed by atoms with Crippen LogP contribution in [0.2, 0.25) is 0 Å². The second kappa shape index (κ2) is 10.5. The molecule has 3 aromatic rings. The molecule has 0 fully saturated rings. The molecule has 7 heteroatoms. The molecule has 2 N–H and O–H groups in total. The van der Waals surface area contributed by atoms with Gasteiger partial charge in [-0.2, -0.15) is 0 Å². The van der Waals surface area contributed by atoms with Crippen molar-refractivity contribution in [2.24, 2.45) is 4.99 Å². The number of aliphatic imine (C=N–C) groups is 1. The number of halogens is 2. The highest BCUT2D eigenvalue weighted by Gasteiger charge is 2.32. The first kappa shape index (κ1) is 24.1. The van der Waals surface area contributed by atoms with Gasteiger partial charge >= 0.3 is 0 Å². The SMILES string of the molecule is CC(=Nc1ccc2c(c1)[C@@H](NC(=O)c1ccc(Br)cc1)[C@H](O)C2)N(C)CCc1ccc(F)cc1. The number of carbonyl (C=O) groups is 1. The van der Waals surface area contributed by atoms with E-state index in [0.717, 1.165) is 45.7 Å². The fourth-order valence-electron chi connectivity index (χ4n) is 4.06. The van der Waals surface area contributed by atoms with Gasteiger partial charge in [0, 0.05) is 30.0 Å². The van der Waals surface area contributed by atoms with Gasteiger partial charge in [-0.3, -0.25) is 4.79 Å². The molecule has 0 heterocycles. The normalized spacial score (nSPS) is 17.4. The van der Waals surface area contributed by atoms with E-state index in [1.54, 1.807) is 24.3 Å². The predicted molar refractivity (Wildman–Crippen MR) is 136 cm³/mol. The molecule has 5 nitrogen and oxygen atoms in total. The number of nitrogens with zero attached hydrogens (tertiary/aromatic N) is 2. The lowest BCUT2D eigenvalue weighted by molar-refractivity contribution is 0.0858. The van der Waals surface area contributed by atoms with Gasteiger partial charge in [-0.25, -0.2) is 9.38 Å². The number of amidine groups is 1. The second-order valence-electron chi connectivity index (χ2n) is 8.57. The molecule has 0 radical (unpaired) electrons. The van der Waals surface area contributed by atoms with E-state index in [1.807, 2.05) is 44.3 Å².